The number of para-hydroxylation sites is 1. The summed E-state index contributed by atoms with van der Waals surface area (Å²) in [7, 11) is 2.18. The summed E-state index contributed by atoms with van der Waals surface area (Å²) in [6.07, 6.45) is 2.12. The Bertz CT molecular complexity index is 949. The lowest BCUT2D eigenvalue weighted by molar-refractivity contribution is 0.933. The molecule has 1 nitrogen and oxygen atoms in total. The van der Waals surface area contributed by atoms with Gasteiger partial charge in [-0.05, 0) is 35.6 Å². The van der Waals surface area contributed by atoms with E-state index in [1.54, 1.807) is 0 Å². The number of aromatic nitrogens is 1. The molecular formula is C23H21N. The molecule has 1 heterocycles. The maximum atomic E-state index is 2.34. The van der Waals surface area contributed by atoms with E-state index in [0.717, 1.165) is 12.8 Å². The van der Waals surface area contributed by atoms with Gasteiger partial charge in [-0.3, -0.25) is 0 Å². The van der Waals surface area contributed by atoms with E-state index in [1.165, 1.54) is 33.3 Å². The highest BCUT2D eigenvalue weighted by Crippen LogP contribution is 2.33. The predicted octanol–water partition coefficient (Wildman–Crippen LogP) is 5.63. The highest BCUT2D eigenvalue weighted by atomic mass is 14.9. The van der Waals surface area contributed by atoms with E-state index in [2.05, 4.69) is 96.5 Å². The van der Waals surface area contributed by atoms with Crippen LogP contribution in [0.25, 0.3) is 22.2 Å². The molecule has 1 aromatic heterocycles. The number of nitrogens with zero attached hydrogens (tertiary/aromatic N) is 1. The summed E-state index contributed by atoms with van der Waals surface area (Å²) in [5, 5.41) is 1.37. The van der Waals surface area contributed by atoms with E-state index >= 15 is 0 Å². The van der Waals surface area contributed by atoms with Gasteiger partial charge in [-0.2, -0.15) is 0 Å². The lowest BCUT2D eigenvalue weighted by Crippen LogP contribution is -1.96. The summed E-state index contributed by atoms with van der Waals surface area (Å²) in [6.45, 7) is 0. The van der Waals surface area contributed by atoms with Gasteiger partial charge in [-0.1, -0.05) is 78.9 Å². The smallest absolute Gasteiger partial charge is 0.0521 e. The number of fused-ring (bicyclic) bond motifs is 1. The van der Waals surface area contributed by atoms with Crippen molar-refractivity contribution < 1.29 is 0 Å². The van der Waals surface area contributed by atoms with Crippen molar-refractivity contribution in [3.8, 4) is 11.3 Å². The third kappa shape index (κ3) is 2.63. The Morgan fingerprint density at radius 1 is 0.667 bits per heavy atom. The van der Waals surface area contributed by atoms with Gasteiger partial charge in [0.2, 0.25) is 0 Å². The first-order valence-corrected chi connectivity index (χ1v) is 8.50. The van der Waals surface area contributed by atoms with Gasteiger partial charge in [0.05, 0.1) is 5.69 Å². The molecule has 0 bridgehead atoms. The third-order valence-corrected chi connectivity index (χ3v) is 4.77. The number of aryl methyl sites for hydroxylation is 3. The molecule has 0 saturated heterocycles. The normalized spacial score (nSPS) is 11.0. The van der Waals surface area contributed by atoms with Crippen LogP contribution < -0.4 is 0 Å². The zero-order chi connectivity index (χ0) is 16.4. The monoisotopic (exact) mass is 311 g/mol. The van der Waals surface area contributed by atoms with Gasteiger partial charge < -0.3 is 4.57 Å². The van der Waals surface area contributed by atoms with Crippen LogP contribution in [0.3, 0.4) is 0 Å². The zero-order valence-corrected chi connectivity index (χ0v) is 13.9. The number of benzene rings is 3. The quantitative estimate of drug-likeness (QED) is 0.460. The number of hydrogen-bond acceptors (Lipinski definition) is 0. The Morgan fingerprint density at radius 3 is 2.04 bits per heavy atom. The van der Waals surface area contributed by atoms with Crippen molar-refractivity contribution in [3.63, 3.8) is 0 Å². The van der Waals surface area contributed by atoms with Crippen molar-refractivity contribution in [2.24, 2.45) is 7.05 Å². The van der Waals surface area contributed by atoms with Crippen molar-refractivity contribution >= 4 is 10.9 Å². The summed E-state index contributed by atoms with van der Waals surface area (Å²) < 4.78 is 2.34. The topological polar surface area (TPSA) is 4.93 Å². The van der Waals surface area contributed by atoms with Gasteiger partial charge in [-0.15, -0.1) is 0 Å². The Hall–Kier alpha value is -2.80. The average molecular weight is 311 g/mol. The Kier molecular flexibility index (Phi) is 3.92. The van der Waals surface area contributed by atoms with E-state index in [1.807, 2.05) is 0 Å². The molecule has 0 saturated carbocycles. The van der Waals surface area contributed by atoms with Crippen molar-refractivity contribution in [3.05, 3.63) is 96.1 Å². The fraction of sp³-hybridized carbons (Fsp3) is 0.130. The first kappa shape index (κ1) is 14.8. The van der Waals surface area contributed by atoms with E-state index in [-0.39, 0.29) is 0 Å². The van der Waals surface area contributed by atoms with Gasteiger partial charge in [-0.25, -0.2) is 0 Å². The summed E-state index contributed by atoms with van der Waals surface area (Å²) in [6, 6.07) is 30.2. The fourth-order valence-electron chi connectivity index (χ4n) is 3.60. The van der Waals surface area contributed by atoms with Crippen molar-refractivity contribution in [1.82, 2.24) is 4.57 Å². The molecule has 0 atom stereocenters. The molecule has 0 spiro atoms. The van der Waals surface area contributed by atoms with Gasteiger partial charge in [0.25, 0.3) is 0 Å². The molecule has 118 valence electrons. The summed E-state index contributed by atoms with van der Waals surface area (Å²) in [4.78, 5) is 0. The molecule has 0 aliphatic carbocycles. The van der Waals surface area contributed by atoms with Gasteiger partial charge >= 0.3 is 0 Å². The summed E-state index contributed by atoms with van der Waals surface area (Å²) >= 11 is 0. The first-order valence-electron chi connectivity index (χ1n) is 8.50. The van der Waals surface area contributed by atoms with Crippen LogP contribution in [0.1, 0.15) is 11.1 Å². The summed E-state index contributed by atoms with van der Waals surface area (Å²) in [5.74, 6) is 0. The largest absolute Gasteiger partial charge is 0.343 e. The van der Waals surface area contributed by atoms with Crippen molar-refractivity contribution in [2.75, 3.05) is 0 Å². The van der Waals surface area contributed by atoms with Crippen molar-refractivity contribution in [2.45, 2.75) is 12.8 Å². The van der Waals surface area contributed by atoms with Crippen molar-refractivity contribution in [1.29, 1.82) is 0 Å². The minimum absolute atomic E-state index is 1.05. The third-order valence-electron chi connectivity index (χ3n) is 4.77. The van der Waals surface area contributed by atoms with Crippen LogP contribution in [0.4, 0.5) is 0 Å². The molecule has 0 N–H and O–H groups in total. The molecule has 0 unspecified atom stereocenters. The second kappa shape index (κ2) is 6.37. The molecule has 0 radical (unpaired) electrons. The van der Waals surface area contributed by atoms with Crippen LogP contribution in [0.5, 0.6) is 0 Å². The molecular weight excluding hydrogens is 290 g/mol. The number of rotatable bonds is 4. The van der Waals surface area contributed by atoms with Gasteiger partial charge in [0.1, 0.15) is 0 Å². The molecule has 3 aromatic carbocycles. The molecule has 0 aliphatic heterocycles. The zero-order valence-electron chi connectivity index (χ0n) is 13.9. The SMILES string of the molecule is Cn1c(-c2ccccc2)c(CCc2ccccc2)c2ccccc21. The van der Waals surface area contributed by atoms with Crippen LogP contribution >= 0.6 is 0 Å². The van der Waals surface area contributed by atoms with Crippen LogP contribution in [0.2, 0.25) is 0 Å². The summed E-state index contributed by atoms with van der Waals surface area (Å²) in [5.41, 5.74) is 6.78. The van der Waals surface area contributed by atoms with Crippen LogP contribution in [-0.2, 0) is 19.9 Å². The Balaban J connectivity index is 1.83. The lowest BCUT2D eigenvalue weighted by Gasteiger charge is -2.09. The Labute approximate surface area is 143 Å². The molecule has 4 aromatic rings. The molecule has 0 fully saturated rings. The molecule has 4 rings (SSSR count). The average Bonchev–Trinajstić information content (AvgIpc) is 2.94. The van der Waals surface area contributed by atoms with E-state index in [0.29, 0.717) is 0 Å². The van der Waals surface area contributed by atoms with Gasteiger partial charge in [0, 0.05) is 18.0 Å². The molecule has 0 amide bonds. The minimum Gasteiger partial charge on any atom is -0.343 e. The second-order valence-corrected chi connectivity index (χ2v) is 6.25. The second-order valence-electron chi connectivity index (χ2n) is 6.25. The van der Waals surface area contributed by atoms with E-state index in [9.17, 15) is 0 Å². The standard InChI is InChI=1S/C23H21N/c1-24-22-15-9-8-14-20(22)21(17-16-18-10-4-2-5-11-18)23(24)19-12-6-3-7-13-19/h2-15H,16-17H2,1H3. The number of hydrogen-bond donors (Lipinski definition) is 0. The minimum atomic E-state index is 1.05. The van der Waals surface area contributed by atoms with Crippen LogP contribution in [0, 0.1) is 0 Å². The maximum Gasteiger partial charge on any atom is 0.0521 e. The van der Waals surface area contributed by atoms with E-state index < -0.39 is 0 Å². The molecule has 0 aliphatic rings. The predicted molar refractivity (Wildman–Crippen MR) is 102 cm³/mol. The highest BCUT2D eigenvalue weighted by molar-refractivity contribution is 5.91. The fourth-order valence-corrected chi connectivity index (χ4v) is 3.60. The van der Waals surface area contributed by atoms with Gasteiger partial charge in [0.15, 0.2) is 0 Å². The maximum absolute atomic E-state index is 2.34. The lowest BCUT2D eigenvalue weighted by atomic mass is 9.98. The van der Waals surface area contributed by atoms with Crippen LogP contribution in [0.15, 0.2) is 84.9 Å². The van der Waals surface area contributed by atoms with E-state index in [4.69, 9.17) is 0 Å². The Morgan fingerprint density at radius 2 is 1.29 bits per heavy atom. The molecule has 24 heavy (non-hydrogen) atoms. The van der Waals surface area contributed by atoms with Crippen LogP contribution in [-0.4, -0.2) is 4.57 Å². The first-order chi connectivity index (χ1) is 11.8. The molecule has 1 heteroatoms. The highest BCUT2D eigenvalue weighted by Gasteiger charge is 2.15.